The molecule has 33 heavy (non-hydrogen) atoms. The van der Waals surface area contributed by atoms with Gasteiger partial charge in [0.25, 0.3) is 0 Å². The average molecular weight is 424 g/mol. The van der Waals surface area contributed by atoms with Gasteiger partial charge in [0.15, 0.2) is 0 Å². The van der Waals surface area contributed by atoms with Gasteiger partial charge < -0.3 is 9.68 Å². The molecule has 6 rings (SSSR count). The third kappa shape index (κ3) is 3.34. The minimum Gasteiger partial charge on any atom is -0.538 e. The molecule has 6 aromatic rings. The lowest BCUT2D eigenvalue weighted by molar-refractivity contribution is 0.459. The molecule has 156 valence electrons. The molecule has 0 aliphatic heterocycles. The summed E-state index contributed by atoms with van der Waals surface area (Å²) < 4.78 is 5.69. The summed E-state index contributed by atoms with van der Waals surface area (Å²) in [7, 11) is -0.353. The second kappa shape index (κ2) is 8.12. The maximum atomic E-state index is 9.51. The fourth-order valence-corrected chi connectivity index (χ4v) is 4.82. The van der Waals surface area contributed by atoms with Crippen LogP contribution in [0.2, 0.25) is 0 Å². The van der Waals surface area contributed by atoms with Crippen molar-refractivity contribution in [2.24, 2.45) is 0 Å². The van der Waals surface area contributed by atoms with Crippen LogP contribution >= 0.6 is 0 Å². The van der Waals surface area contributed by atoms with Gasteiger partial charge in [-0.2, -0.15) is 0 Å². The third-order valence-corrected chi connectivity index (χ3v) is 6.35. The van der Waals surface area contributed by atoms with Gasteiger partial charge in [-0.3, -0.25) is 0 Å². The smallest absolute Gasteiger partial charge is 0.504 e. The number of rotatable bonds is 4. The second-order valence-electron chi connectivity index (χ2n) is 8.21. The van der Waals surface area contributed by atoms with E-state index >= 15 is 0 Å². The Hall–Kier alpha value is -4.08. The fraction of sp³-hybridized carbons (Fsp3) is 0. The normalized spacial score (nSPS) is 11.2. The molecular weight excluding hydrogens is 403 g/mol. The first-order valence-corrected chi connectivity index (χ1v) is 11.1. The van der Waals surface area contributed by atoms with E-state index in [-0.39, 0.29) is 7.69 Å². The average Bonchev–Trinajstić information content (AvgIpc) is 2.88. The van der Waals surface area contributed by atoms with Crippen LogP contribution in [0.4, 0.5) is 0 Å². The first kappa shape index (κ1) is 19.6. The highest BCUT2D eigenvalue weighted by atomic mass is 16.5. The van der Waals surface area contributed by atoms with Crippen LogP contribution in [0.5, 0.6) is 5.75 Å². The third-order valence-electron chi connectivity index (χ3n) is 6.35. The van der Waals surface area contributed by atoms with Crippen LogP contribution in [0, 0.1) is 0 Å². The highest BCUT2D eigenvalue weighted by Gasteiger charge is 2.16. The molecule has 0 bridgehead atoms. The Morgan fingerprint density at radius 3 is 1.64 bits per heavy atom. The maximum Gasteiger partial charge on any atom is 0.504 e. The Kier molecular flexibility index (Phi) is 4.82. The minimum absolute atomic E-state index is 0.353. The van der Waals surface area contributed by atoms with Crippen molar-refractivity contribution in [2.45, 2.75) is 0 Å². The number of fused-ring (bicyclic) bond motifs is 3. The van der Waals surface area contributed by atoms with E-state index < -0.39 is 0 Å². The molecule has 0 atom stereocenters. The Bertz CT molecular complexity index is 1560. The van der Waals surface area contributed by atoms with Gasteiger partial charge in [-0.1, -0.05) is 109 Å². The number of benzene rings is 6. The molecule has 1 N–H and O–H groups in total. The van der Waals surface area contributed by atoms with E-state index in [1.165, 1.54) is 27.5 Å². The van der Waals surface area contributed by atoms with E-state index in [2.05, 4.69) is 91.0 Å². The molecule has 0 aromatic heterocycles. The second-order valence-corrected chi connectivity index (χ2v) is 8.21. The summed E-state index contributed by atoms with van der Waals surface area (Å²) in [6, 6.07) is 40.3. The van der Waals surface area contributed by atoms with Crippen LogP contribution in [0.15, 0.2) is 115 Å². The van der Waals surface area contributed by atoms with Crippen molar-refractivity contribution >= 4 is 40.0 Å². The van der Waals surface area contributed by atoms with Gasteiger partial charge in [-0.05, 0) is 49.9 Å². The van der Waals surface area contributed by atoms with E-state index in [1.54, 1.807) is 0 Å². The molecule has 0 spiro atoms. The Balaban J connectivity index is 1.54. The van der Waals surface area contributed by atoms with Crippen LogP contribution in [-0.4, -0.2) is 12.7 Å². The van der Waals surface area contributed by atoms with Gasteiger partial charge in [0.05, 0.1) is 0 Å². The summed E-state index contributed by atoms with van der Waals surface area (Å²) >= 11 is 0. The summed E-state index contributed by atoms with van der Waals surface area (Å²) in [5.41, 5.74) is 4.74. The predicted octanol–water partition coefficient (Wildman–Crippen LogP) is 7.12. The first-order valence-electron chi connectivity index (χ1n) is 11.1. The Labute approximate surface area is 193 Å². The molecule has 0 aliphatic carbocycles. The van der Waals surface area contributed by atoms with E-state index in [4.69, 9.17) is 4.65 Å². The predicted molar refractivity (Wildman–Crippen MR) is 140 cm³/mol. The van der Waals surface area contributed by atoms with E-state index in [1.807, 2.05) is 24.3 Å². The summed E-state index contributed by atoms with van der Waals surface area (Å²) in [6.07, 6.45) is 0. The van der Waals surface area contributed by atoms with Crippen molar-refractivity contribution in [3.8, 4) is 28.0 Å². The summed E-state index contributed by atoms with van der Waals surface area (Å²) in [4.78, 5) is 0. The molecule has 0 aliphatic rings. The van der Waals surface area contributed by atoms with Crippen molar-refractivity contribution in [2.75, 3.05) is 0 Å². The maximum absolute atomic E-state index is 9.51. The minimum atomic E-state index is -0.353. The summed E-state index contributed by atoms with van der Waals surface area (Å²) in [5.74, 6) is 0.722. The molecule has 2 nitrogen and oxygen atoms in total. The fourth-order valence-electron chi connectivity index (χ4n) is 4.82. The van der Waals surface area contributed by atoms with Crippen molar-refractivity contribution in [3.05, 3.63) is 115 Å². The first-order chi connectivity index (χ1) is 16.3. The van der Waals surface area contributed by atoms with Crippen molar-refractivity contribution in [1.29, 1.82) is 0 Å². The Morgan fingerprint density at radius 2 is 1.00 bits per heavy atom. The molecule has 0 saturated carbocycles. The quantitative estimate of drug-likeness (QED) is 0.241. The van der Waals surface area contributed by atoms with E-state index in [0.717, 1.165) is 32.9 Å². The molecule has 0 saturated heterocycles. The lowest BCUT2D eigenvalue weighted by Gasteiger charge is -2.17. The van der Waals surface area contributed by atoms with E-state index in [9.17, 15) is 5.02 Å². The van der Waals surface area contributed by atoms with Gasteiger partial charge in [0.2, 0.25) is 0 Å². The van der Waals surface area contributed by atoms with Crippen LogP contribution < -0.4 is 4.65 Å². The van der Waals surface area contributed by atoms with Gasteiger partial charge in [0, 0.05) is 10.8 Å². The molecule has 3 heteroatoms. The zero-order valence-corrected chi connectivity index (χ0v) is 18.0. The van der Waals surface area contributed by atoms with Crippen LogP contribution in [0.1, 0.15) is 0 Å². The largest absolute Gasteiger partial charge is 0.538 e. The van der Waals surface area contributed by atoms with Crippen molar-refractivity contribution < 1.29 is 9.68 Å². The monoisotopic (exact) mass is 424 g/mol. The van der Waals surface area contributed by atoms with Gasteiger partial charge >= 0.3 is 7.69 Å². The SMILES string of the molecule is OBOc1c2ccccc2c(-c2ccc(-c3ccc4ccccc4c3)cc2)c2ccccc12. The lowest BCUT2D eigenvalue weighted by atomic mass is 9.90. The highest BCUT2D eigenvalue weighted by molar-refractivity contribution is 6.22. The van der Waals surface area contributed by atoms with Gasteiger partial charge in [-0.25, -0.2) is 0 Å². The molecule has 6 aromatic carbocycles. The van der Waals surface area contributed by atoms with E-state index in [0.29, 0.717) is 0 Å². The topological polar surface area (TPSA) is 29.5 Å². The van der Waals surface area contributed by atoms with Crippen molar-refractivity contribution in [3.63, 3.8) is 0 Å². The highest BCUT2D eigenvalue weighted by Crippen LogP contribution is 2.43. The molecule has 0 radical (unpaired) electrons. The molecule has 0 amide bonds. The zero-order chi connectivity index (χ0) is 22.2. The molecule has 0 fully saturated rings. The number of hydrogen-bond acceptors (Lipinski definition) is 2. The van der Waals surface area contributed by atoms with Crippen molar-refractivity contribution in [1.82, 2.24) is 0 Å². The van der Waals surface area contributed by atoms with Crippen LogP contribution in [-0.2, 0) is 0 Å². The van der Waals surface area contributed by atoms with Gasteiger partial charge in [0.1, 0.15) is 5.75 Å². The van der Waals surface area contributed by atoms with Crippen LogP contribution in [0.3, 0.4) is 0 Å². The standard InChI is InChI=1S/C30H21BO2/c32-31-33-30-27-11-5-3-9-25(27)29(26-10-4-6-12-28(26)30)22-16-13-21(14-17-22)24-18-15-20-7-1-2-8-23(20)19-24/h1-19,31-32H. The van der Waals surface area contributed by atoms with Crippen LogP contribution in [0.25, 0.3) is 54.6 Å². The summed E-state index contributed by atoms with van der Waals surface area (Å²) in [6.45, 7) is 0. The lowest BCUT2D eigenvalue weighted by Crippen LogP contribution is -2.01. The van der Waals surface area contributed by atoms with Gasteiger partial charge in [-0.15, -0.1) is 0 Å². The molecule has 0 heterocycles. The molecular formula is C30H21BO2. The number of hydrogen-bond donors (Lipinski definition) is 1. The Morgan fingerprint density at radius 1 is 0.485 bits per heavy atom. The molecule has 0 unspecified atom stereocenters. The summed E-state index contributed by atoms with van der Waals surface area (Å²) in [5, 5.41) is 16.2. The zero-order valence-electron chi connectivity index (χ0n) is 18.0.